The minimum Gasteiger partial charge on any atom is -0.383 e. The van der Waals surface area contributed by atoms with Gasteiger partial charge in [0.15, 0.2) is 0 Å². The van der Waals surface area contributed by atoms with Crippen molar-refractivity contribution >= 4 is 5.69 Å². The molecule has 1 aromatic carbocycles. The van der Waals surface area contributed by atoms with Crippen LogP contribution in [-0.2, 0) is 4.74 Å². The minimum atomic E-state index is 0.0795. The number of hydrogen-bond donors (Lipinski definition) is 1. The van der Waals surface area contributed by atoms with Gasteiger partial charge in [0.05, 0.1) is 6.61 Å². The van der Waals surface area contributed by atoms with E-state index in [0.29, 0.717) is 6.61 Å². The van der Waals surface area contributed by atoms with Crippen molar-refractivity contribution in [1.29, 1.82) is 0 Å². The summed E-state index contributed by atoms with van der Waals surface area (Å²) in [5.74, 6) is 0. The van der Waals surface area contributed by atoms with Crippen LogP contribution in [0, 0.1) is 0 Å². The second-order valence-electron chi connectivity index (χ2n) is 4.11. The summed E-state index contributed by atoms with van der Waals surface area (Å²) in [6, 6.07) is 8.41. The van der Waals surface area contributed by atoms with E-state index in [1.165, 1.54) is 5.69 Å². The molecule has 1 rings (SSSR count). The van der Waals surface area contributed by atoms with Gasteiger partial charge in [0, 0.05) is 31.9 Å². The molecule has 0 amide bonds. The maximum absolute atomic E-state index is 5.83. The van der Waals surface area contributed by atoms with Gasteiger partial charge >= 0.3 is 0 Å². The van der Waals surface area contributed by atoms with Gasteiger partial charge in [-0.2, -0.15) is 0 Å². The second kappa shape index (κ2) is 7.09. The van der Waals surface area contributed by atoms with Gasteiger partial charge in [0.2, 0.25) is 0 Å². The van der Waals surface area contributed by atoms with Crippen LogP contribution in [0.5, 0.6) is 0 Å². The predicted molar refractivity (Wildman–Crippen MR) is 73.3 cm³/mol. The van der Waals surface area contributed by atoms with Crippen LogP contribution in [0.3, 0.4) is 0 Å². The monoisotopic (exact) mass is 234 g/mol. The number of rotatable bonds is 7. The third-order valence-corrected chi connectivity index (χ3v) is 2.70. The van der Waals surface area contributed by atoms with Gasteiger partial charge in [-0.1, -0.05) is 18.2 Å². The van der Waals surface area contributed by atoms with Crippen LogP contribution in [-0.4, -0.2) is 26.8 Å². The average molecular weight is 234 g/mol. The lowest BCUT2D eigenvalue weighted by Crippen LogP contribution is -2.27. The van der Waals surface area contributed by atoms with E-state index >= 15 is 0 Å². The Morgan fingerprint density at radius 1 is 1.41 bits per heavy atom. The molecule has 94 valence electrons. The summed E-state index contributed by atoms with van der Waals surface area (Å²) < 4.78 is 5.11. The van der Waals surface area contributed by atoms with Crippen molar-refractivity contribution in [1.82, 2.24) is 0 Å². The maximum atomic E-state index is 5.83. The van der Waals surface area contributed by atoms with Gasteiger partial charge in [-0.05, 0) is 24.6 Å². The first-order chi connectivity index (χ1) is 8.19. The summed E-state index contributed by atoms with van der Waals surface area (Å²) >= 11 is 0. The van der Waals surface area contributed by atoms with E-state index in [0.717, 1.165) is 18.7 Å². The first-order valence-corrected chi connectivity index (χ1v) is 5.89. The van der Waals surface area contributed by atoms with E-state index in [4.69, 9.17) is 10.5 Å². The first kappa shape index (κ1) is 13.7. The van der Waals surface area contributed by atoms with Crippen LogP contribution in [0.25, 0.3) is 0 Å². The number of hydrogen-bond acceptors (Lipinski definition) is 3. The standard InChI is InChI=1S/C14H22N2O/c1-4-9-16(10-11-17-3)14-7-5-13(6-8-14)12(2)15/h4-8,12H,1,9-11,15H2,2-3H3. The fraction of sp³-hybridized carbons (Fsp3) is 0.429. The van der Waals surface area contributed by atoms with Gasteiger partial charge in [0.1, 0.15) is 0 Å². The largest absolute Gasteiger partial charge is 0.383 e. The van der Waals surface area contributed by atoms with Crippen molar-refractivity contribution in [3.05, 3.63) is 42.5 Å². The molecule has 1 unspecified atom stereocenters. The van der Waals surface area contributed by atoms with Gasteiger partial charge < -0.3 is 15.4 Å². The molecule has 0 radical (unpaired) electrons. The quantitative estimate of drug-likeness (QED) is 0.736. The van der Waals surface area contributed by atoms with Crippen molar-refractivity contribution in [2.45, 2.75) is 13.0 Å². The third kappa shape index (κ3) is 4.21. The van der Waals surface area contributed by atoms with Gasteiger partial charge in [-0.25, -0.2) is 0 Å². The normalized spacial score (nSPS) is 12.2. The number of benzene rings is 1. The van der Waals surface area contributed by atoms with Gasteiger partial charge in [-0.3, -0.25) is 0 Å². The number of nitrogens with two attached hydrogens (primary N) is 1. The predicted octanol–water partition coefficient (Wildman–Crippen LogP) is 2.35. The highest BCUT2D eigenvalue weighted by Gasteiger charge is 2.05. The molecule has 0 saturated carbocycles. The Hall–Kier alpha value is -1.32. The average Bonchev–Trinajstić information content (AvgIpc) is 2.34. The SMILES string of the molecule is C=CCN(CCOC)c1ccc(C(C)N)cc1. The number of anilines is 1. The van der Waals surface area contributed by atoms with E-state index in [-0.39, 0.29) is 6.04 Å². The Bertz CT molecular complexity index is 333. The number of nitrogens with zero attached hydrogens (tertiary/aromatic N) is 1. The summed E-state index contributed by atoms with van der Waals surface area (Å²) in [5.41, 5.74) is 8.15. The summed E-state index contributed by atoms with van der Waals surface area (Å²) in [6.07, 6.45) is 1.90. The van der Waals surface area contributed by atoms with Crippen LogP contribution in [0.4, 0.5) is 5.69 Å². The minimum absolute atomic E-state index is 0.0795. The highest BCUT2D eigenvalue weighted by Crippen LogP contribution is 2.18. The molecule has 0 saturated heterocycles. The summed E-state index contributed by atoms with van der Waals surface area (Å²) in [7, 11) is 1.71. The Morgan fingerprint density at radius 2 is 2.06 bits per heavy atom. The van der Waals surface area contributed by atoms with Gasteiger partial charge in [-0.15, -0.1) is 6.58 Å². The zero-order chi connectivity index (χ0) is 12.7. The van der Waals surface area contributed by atoms with E-state index in [1.54, 1.807) is 7.11 Å². The van der Waals surface area contributed by atoms with E-state index in [9.17, 15) is 0 Å². The molecular weight excluding hydrogens is 212 g/mol. The van der Waals surface area contributed by atoms with Crippen molar-refractivity contribution in [3.63, 3.8) is 0 Å². The lowest BCUT2D eigenvalue weighted by molar-refractivity contribution is 0.206. The number of methoxy groups -OCH3 is 1. The summed E-state index contributed by atoms with van der Waals surface area (Å²) in [6.45, 7) is 8.16. The van der Waals surface area contributed by atoms with Gasteiger partial charge in [0.25, 0.3) is 0 Å². The number of ether oxygens (including phenoxy) is 1. The highest BCUT2D eigenvalue weighted by molar-refractivity contribution is 5.48. The van der Waals surface area contributed by atoms with E-state index in [1.807, 2.05) is 13.0 Å². The molecule has 1 aromatic rings. The van der Waals surface area contributed by atoms with Crippen molar-refractivity contribution in [3.8, 4) is 0 Å². The molecule has 0 aliphatic carbocycles. The van der Waals surface area contributed by atoms with Crippen LogP contribution in [0.2, 0.25) is 0 Å². The molecule has 1 atom stereocenters. The molecule has 0 aromatic heterocycles. The molecule has 3 heteroatoms. The molecule has 0 heterocycles. The summed E-state index contributed by atoms with van der Waals surface area (Å²) in [4.78, 5) is 2.22. The molecule has 3 nitrogen and oxygen atoms in total. The highest BCUT2D eigenvalue weighted by atomic mass is 16.5. The first-order valence-electron chi connectivity index (χ1n) is 5.89. The lowest BCUT2D eigenvalue weighted by atomic mass is 10.1. The fourth-order valence-electron chi connectivity index (χ4n) is 1.67. The fourth-order valence-corrected chi connectivity index (χ4v) is 1.67. The van der Waals surface area contributed by atoms with Crippen LogP contribution >= 0.6 is 0 Å². The Kier molecular flexibility index (Phi) is 5.73. The van der Waals surface area contributed by atoms with Crippen LogP contribution < -0.4 is 10.6 Å². The van der Waals surface area contributed by atoms with Crippen LogP contribution in [0.15, 0.2) is 36.9 Å². The smallest absolute Gasteiger partial charge is 0.0637 e. The lowest BCUT2D eigenvalue weighted by Gasteiger charge is -2.23. The van der Waals surface area contributed by atoms with Crippen molar-refractivity contribution in [2.24, 2.45) is 5.73 Å². The molecule has 0 aliphatic rings. The molecule has 0 bridgehead atoms. The molecule has 17 heavy (non-hydrogen) atoms. The Labute approximate surface area is 104 Å². The molecular formula is C14H22N2O. The molecule has 0 fully saturated rings. The second-order valence-corrected chi connectivity index (χ2v) is 4.11. The molecule has 2 N–H and O–H groups in total. The molecule has 0 aliphatic heterocycles. The molecule has 0 spiro atoms. The summed E-state index contributed by atoms with van der Waals surface area (Å²) in [5, 5.41) is 0. The van der Waals surface area contributed by atoms with Crippen molar-refractivity contribution < 1.29 is 4.74 Å². The van der Waals surface area contributed by atoms with E-state index < -0.39 is 0 Å². The Balaban J connectivity index is 2.75. The zero-order valence-electron chi connectivity index (χ0n) is 10.7. The maximum Gasteiger partial charge on any atom is 0.0637 e. The third-order valence-electron chi connectivity index (χ3n) is 2.70. The van der Waals surface area contributed by atoms with Crippen LogP contribution in [0.1, 0.15) is 18.5 Å². The topological polar surface area (TPSA) is 38.5 Å². The van der Waals surface area contributed by atoms with Crippen molar-refractivity contribution in [2.75, 3.05) is 31.7 Å². The Morgan fingerprint density at radius 3 is 2.53 bits per heavy atom. The van der Waals surface area contributed by atoms with E-state index in [2.05, 4.69) is 35.7 Å². The zero-order valence-corrected chi connectivity index (χ0v) is 10.7.